The van der Waals surface area contributed by atoms with Crippen LogP contribution in [-0.4, -0.2) is 48.7 Å². The molecule has 0 saturated heterocycles. The number of hydrogen-bond donors (Lipinski definition) is 5. The van der Waals surface area contributed by atoms with Gasteiger partial charge in [0.25, 0.3) is 0 Å². The summed E-state index contributed by atoms with van der Waals surface area (Å²) in [7, 11) is -3.77. The third kappa shape index (κ3) is 13.0. The lowest BCUT2D eigenvalue weighted by atomic mass is 9.87. The fraction of sp³-hybridized carbons (Fsp3) is 0.255. The molecule has 3 aliphatic rings. The first kappa shape index (κ1) is 43.0. The molecule has 60 heavy (non-hydrogen) atoms. The second-order valence-electron chi connectivity index (χ2n) is 15.3. The zero-order valence-corrected chi connectivity index (χ0v) is 34.0. The molecule has 0 fully saturated rings. The third-order valence-electron chi connectivity index (χ3n) is 10.5. The highest BCUT2D eigenvalue weighted by molar-refractivity contribution is 7.90. The normalized spacial score (nSPS) is 17.2. The van der Waals surface area contributed by atoms with Crippen molar-refractivity contribution < 1.29 is 32.8 Å². The number of Topliss-reactive ketones (excluding diaryl/α,β-unsaturated/α-hetero) is 1. The van der Waals surface area contributed by atoms with Crippen molar-refractivity contribution in [2.75, 3.05) is 5.75 Å². The number of hydrogen-bond acceptors (Lipinski definition) is 8. The highest BCUT2D eigenvalue weighted by Crippen LogP contribution is 2.23. The van der Waals surface area contributed by atoms with Crippen molar-refractivity contribution >= 4 is 39.2 Å². The van der Waals surface area contributed by atoms with E-state index in [0.717, 1.165) is 38.9 Å². The first-order valence-corrected chi connectivity index (χ1v) is 21.6. The molecule has 5 aromatic rings. The highest BCUT2D eigenvalue weighted by atomic mass is 32.2. The van der Waals surface area contributed by atoms with E-state index in [2.05, 4.69) is 21.1 Å². The van der Waals surface area contributed by atoms with E-state index in [-0.39, 0.29) is 86.8 Å². The molecular weight excluding hydrogens is 779 g/mol. The number of ketones is 1. The van der Waals surface area contributed by atoms with Crippen LogP contribution in [0.1, 0.15) is 56.5 Å². The Kier molecular flexibility index (Phi) is 14.6. The lowest BCUT2D eigenvalue weighted by Gasteiger charge is -2.21. The van der Waals surface area contributed by atoms with Gasteiger partial charge in [-0.2, -0.15) is 0 Å². The molecule has 5 aromatic carbocycles. The first-order chi connectivity index (χ1) is 28.9. The van der Waals surface area contributed by atoms with E-state index in [0.29, 0.717) is 11.1 Å². The number of amidine groups is 1. The second kappa shape index (κ2) is 20.4. The van der Waals surface area contributed by atoms with Gasteiger partial charge in [0.15, 0.2) is 15.7 Å². The fourth-order valence-corrected chi connectivity index (χ4v) is 8.95. The Balaban J connectivity index is 1.28. The van der Waals surface area contributed by atoms with Crippen LogP contribution in [0.15, 0.2) is 133 Å². The van der Waals surface area contributed by atoms with Crippen LogP contribution in [0.5, 0.6) is 0 Å². The minimum Gasteiger partial charge on any atom is -0.409 e. The topological polar surface area (TPSA) is 197 Å². The van der Waals surface area contributed by atoms with Gasteiger partial charge in [-0.15, -0.1) is 0 Å². The number of carbonyl (C=O) groups excluding carboxylic acids is 4. The Bertz CT molecular complexity index is 2420. The SMILES string of the molecule is N/C(=N\O)c1ccc(CNC(=O)[C@H]2CC(=O)[C@H](CS(=O)(=O)Cc3ccccc3)Cc3ccc(cc3)CNC(=O)Cc3cccc(c3)CC(=O)NCc3ccc(cc3)C2)cc1. The third-order valence-corrected chi connectivity index (χ3v) is 12.2. The van der Waals surface area contributed by atoms with E-state index in [9.17, 15) is 27.6 Å². The van der Waals surface area contributed by atoms with E-state index in [1.807, 2.05) is 78.9 Å². The summed E-state index contributed by atoms with van der Waals surface area (Å²) in [5, 5.41) is 20.9. The Morgan fingerprint density at radius 3 is 1.78 bits per heavy atom. The first-order valence-electron chi connectivity index (χ1n) is 19.8. The van der Waals surface area contributed by atoms with Gasteiger partial charge in [-0.3, -0.25) is 19.2 Å². The Morgan fingerprint density at radius 1 is 0.667 bits per heavy atom. The molecule has 6 N–H and O–H groups in total. The zero-order chi connectivity index (χ0) is 42.5. The smallest absolute Gasteiger partial charge is 0.224 e. The molecule has 0 spiro atoms. The summed E-state index contributed by atoms with van der Waals surface area (Å²) >= 11 is 0. The summed E-state index contributed by atoms with van der Waals surface area (Å²) in [5.41, 5.74) is 12.3. The molecule has 3 heterocycles. The molecule has 0 aromatic heterocycles. The average molecular weight is 828 g/mol. The predicted molar refractivity (Wildman–Crippen MR) is 229 cm³/mol. The summed E-state index contributed by atoms with van der Waals surface area (Å²) < 4.78 is 27.4. The molecule has 6 bridgehead atoms. The number of carbonyl (C=O) groups is 4. The maximum Gasteiger partial charge on any atom is 0.224 e. The fourth-order valence-electron chi connectivity index (χ4n) is 7.21. The maximum atomic E-state index is 14.4. The van der Waals surface area contributed by atoms with Gasteiger partial charge in [0.2, 0.25) is 17.7 Å². The number of oxime groups is 1. The largest absolute Gasteiger partial charge is 0.409 e. The Morgan fingerprint density at radius 2 is 1.22 bits per heavy atom. The monoisotopic (exact) mass is 827 g/mol. The summed E-state index contributed by atoms with van der Waals surface area (Å²) in [4.78, 5) is 54.2. The van der Waals surface area contributed by atoms with E-state index in [4.69, 9.17) is 10.9 Å². The minimum atomic E-state index is -3.77. The van der Waals surface area contributed by atoms with Crippen LogP contribution in [0.25, 0.3) is 0 Å². The van der Waals surface area contributed by atoms with E-state index < -0.39 is 27.4 Å². The molecule has 3 amide bonds. The molecule has 3 aliphatic heterocycles. The second-order valence-corrected chi connectivity index (χ2v) is 17.4. The zero-order valence-electron chi connectivity index (χ0n) is 33.2. The molecule has 0 aliphatic carbocycles. The van der Waals surface area contributed by atoms with Crippen LogP contribution in [0.2, 0.25) is 0 Å². The van der Waals surface area contributed by atoms with Crippen LogP contribution < -0.4 is 21.7 Å². The number of sulfone groups is 1. The van der Waals surface area contributed by atoms with Crippen molar-refractivity contribution in [2.24, 2.45) is 22.7 Å². The van der Waals surface area contributed by atoms with Crippen LogP contribution in [0.3, 0.4) is 0 Å². The molecular formula is C47H49N5O7S. The van der Waals surface area contributed by atoms with Crippen molar-refractivity contribution in [1.82, 2.24) is 16.0 Å². The van der Waals surface area contributed by atoms with Gasteiger partial charge in [-0.1, -0.05) is 133 Å². The van der Waals surface area contributed by atoms with Gasteiger partial charge >= 0.3 is 0 Å². The van der Waals surface area contributed by atoms with E-state index >= 15 is 0 Å². The van der Waals surface area contributed by atoms with Crippen LogP contribution >= 0.6 is 0 Å². The van der Waals surface area contributed by atoms with Gasteiger partial charge in [0.05, 0.1) is 24.3 Å². The van der Waals surface area contributed by atoms with Gasteiger partial charge in [-0.25, -0.2) is 8.42 Å². The standard InChI is InChI=1S/C47H49N5O7S/c48-46(52-57)40-19-17-36(18-20-40)29-51-47(56)41-22-32-9-13-34(14-10-32)27-49-44(54)24-38-7-4-8-39(21-38)25-45(55)50-28-35-15-11-33(12-16-35)23-42(43(53)26-41)31-60(58,59)30-37-5-2-1-3-6-37/h1-21,41-42,57H,22-31H2,(H2,48,52)(H,49,54)(H,50,55)(H,51,56)/t41-,42+/m1/s1. The lowest BCUT2D eigenvalue weighted by molar-refractivity contribution is -0.130. The van der Waals surface area contributed by atoms with Crippen LogP contribution in [-0.2, 0) is 80.1 Å². The molecule has 2 atom stereocenters. The number of benzene rings is 5. The van der Waals surface area contributed by atoms with Gasteiger partial charge in [-0.05, 0) is 57.3 Å². The quantitative estimate of drug-likeness (QED) is 0.0641. The number of fused-ring (bicyclic) bond motifs is 2. The molecule has 0 unspecified atom stereocenters. The molecule has 8 rings (SSSR count). The number of nitrogens with two attached hydrogens (primary N) is 1. The van der Waals surface area contributed by atoms with Gasteiger partial charge in [0, 0.05) is 43.5 Å². The van der Waals surface area contributed by atoms with Crippen molar-refractivity contribution in [3.8, 4) is 0 Å². The summed E-state index contributed by atoms with van der Waals surface area (Å²) in [6, 6.07) is 37.8. The number of amides is 3. The highest BCUT2D eigenvalue weighted by Gasteiger charge is 2.31. The molecule has 13 heteroatoms. The number of rotatable bonds is 8. The van der Waals surface area contributed by atoms with Crippen LogP contribution in [0, 0.1) is 11.8 Å². The van der Waals surface area contributed by atoms with Crippen molar-refractivity contribution in [1.29, 1.82) is 0 Å². The molecule has 12 nitrogen and oxygen atoms in total. The number of nitrogens with zero attached hydrogens (tertiary/aromatic N) is 1. The van der Waals surface area contributed by atoms with Crippen molar-refractivity contribution in [3.05, 3.63) is 177 Å². The maximum absolute atomic E-state index is 14.4. The Hall–Kier alpha value is -6.60. The molecule has 0 saturated carbocycles. The minimum absolute atomic E-state index is 0.0481. The van der Waals surface area contributed by atoms with Crippen LogP contribution in [0.4, 0.5) is 0 Å². The van der Waals surface area contributed by atoms with Crippen molar-refractivity contribution in [2.45, 2.75) is 57.5 Å². The van der Waals surface area contributed by atoms with E-state index in [1.165, 1.54) is 0 Å². The van der Waals surface area contributed by atoms with Gasteiger partial charge < -0.3 is 26.9 Å². The lowest BCUT2D eigenvalue weighted by Crippen LogP contribution is -2.36. The Labute approximate surface area is 350 Å². The van der Waals surface area contributed by atoms with Crippen molar-refractivity contribution in [3.63, 3.8) is 0 Å². The summed E-state index contributed by atoms with van der Waals surface area (Å²) in [6.07, 6.45) is 0.422. The van der Waals surface area contributed by atoms with Gasteiger partial charge in [0.1, 0.15) is 5.78 Å². The predicted octanol–water partition coefficient (Wildman–Crippen LogP) is 4.72. The molecule has 310 valence electrons. The average Bonchev–Trinajstić information content (AvgIpc) is 3.24. The van der Waals surface area contributed by atoms with E-state index in [1.54, 1.807) is 48.5 Å². The number of nitrogens with one attached hydrogen (secondary N) is 3. The summed E-state index contributed by atoms with van der Waals surface area (Å²) in [6.45, 7) is 0.683. The summed E-state index contributed by atoms with van der Waals surface area (Å²) in [5.74, 6) is -3.54. The molecule has 0 radical (unpaired) electrons.